The molecular weight excluding hydrogens is 997 g/mol. The second-order valence-corrected chi connectivity index (χ2v) is 23.4. The first-order valence-electron chi connectivity index (χ1n) is 35.1. The summed E-state index contributed by atoms with van der Waals surface area (Å²) in [5.74, 6) is -0.881. The van der Waals surface area contributed by atoms with Crippen LogP contribution < -0.4 is 0 Å². The number of ether oxygens (including phenoxy) is 3. The molecule has 0 aliphatic heterocycles. The van der Waals surface area contributed by atoms with Crippen molar-refractivity contribution in [1.29, 1.82) is 0 Å². The highest BCUT2D eigenvalue weighted by atomic mass is 16.6. The molecule has 0 saturated heterocycles. The zero-order chi connectivity index (χ0) is 58.5. The van der Waals surface area contributed by atoms with Gasteiger partial charge in [0.15, 0.2) is 6.10 Å². The summed E-state index contributed by atoms with van der Waals surface area (Å²) in [5.41, 5.74) is 0. The lowest BCUT2D eigenvalue weighted by Crippen LogP contribution is -2.30. The van der Waals surface area contributed by atoms with E-state index in [0.717, 1.165) is 116 Å². The van der Waals surface area contributed by atoms with Crippen LogP contribution in [0.5, 0.6) is 0 Å². The molecule has 0 saturated carbocycles. The minimum Gasteiger partial charge on any atom is -0.462 e. The molecule has 0 fully saturated rings. The number of carbonyl (C=O) groups excluding carboxylic acids is 3. The third kappa shape index (κ3) is 67.3. The summed E-state index contributed by atoms with van der Waals surface area (Å²) >= 11 is 0. The summed E-state index contributed by atoms with van der Waals surface area (Å²) in [5, 5.41) is 0. The molecule has 1 unspecified atom stereocenters. The van der Waals surface area contributed by atoms with Crippen LogP contribution in [0.1, 0.15) is 355 Å². The smallest absolute Gasteiger partial charge is 0.306 e. The lowest BCUT2D eigenvalue weighted by Gasteiger charge is -2.18. The van der Waals surface area contributed by atoms with Crippen LogP contribution in [0.3, 0.4) is 0 Å². The number of esters is 3. The molecule has 0 amide bonds. The molecule has 0 aliphatic rings. The molecule has 0 spiro atoms. The lowest BCUT2D eigenvalue weighted by molar-refractivity contribution is -0.167. The Morgan fingerprint density at radius 3 is 0.753 bits per heavy atom. The lowest BCUT2D eigenvalue weighted by atomic mass is 10.0. The van der Waals surface area contributed by atoms with Crippen LogP contribution in [0.2, 0.25) is 0 Å². The average molecular weight is 1130 g/mol. The summed E-state index contributed by atoms with van der Waals surface area (Å²) in [6.07, 6.45) is 91.7. The fourth-order valence-electron chi connectivity index (χ4n) is 10.2. The van der Waals surface area contributed by atoms with Crippen molar-refractivity contribution in [1.82, 2.24) is 0 Å². The maximum absolute atomic E-state index is 13.0. The average Bonchev–Trinajstić information content (AvgIpc) is 3.47. The van der Waals surface area contributed by atoms with Crippen LogP contribution in [-0.4, -0.2) is 37.2 Å². The van der Waals surface area contributed by atoms with Gasteiger partial charge >= 0.3 is 17.9 Å². The molecule has 0 aromatic rings. The third-order valence-electron chi connectivity index (χ3n) is 15.4. The molecule has 0 heterocycles. The van der Waals surface area contributed by atoms with Crippen molar-refractivity contribution in [2.75, 3.05) is 13.2 Å². The first-order chi connectivity index (χ1) is 40.0. The summed E-state index contributed by atoms with van der Waals surface area (Å²) in [7, 11) is 0. The molecule has 0 aliphatic carbocycles. The highest BCUT2D eigenvalue weighted by Crippen LogP contribution is 2.17. The van der Waals surface area contributed by atoms with E-state index in [-0.39, 0.29) is 31.1 Å². The highest BCUT2D eigenvalue weighted by molar-refractivity contribution is 5.71. The summed E-state index contributed by atoms with van der Waals surface area (Å²) in [6.45, 7) is 6.55. The molecule has 0 bridgehead atoms. The number of rotatable bonds is 64. The second kappa shape index (κ2) is 69.1. The molecule has 81 heavy (non-hydrogen) atoms. The minimum atomic E-state index is -0.788. The van der Waals surface area contributed by atoms with Gasteiger partial charge in [-0.3, -0.25) is 14.4 Å². The van der Waals surface area contributed by atoms with Crippen molar-refractivity contribution in [2.24, 2.45) is 0 Å². The quantitative estimate of drug-likeness (QED) is 0.0261. The summed E-state index contributed by atoms with van der Waals surface area (Å²) in [6, 6.07) is 0. The van der Waals surface area contributed by atoms with Crippen molar-refractivity contribution in [3.63, 3.8) is 0 Å². The van der Waals surface area contributed by atoms with Gasteiger partial charge in [-0.1, -0.05) is 324 Å². The molecule has 0 rings (SSSR count). The van der Waals surface area contributed by atoms with Gasteiger partial charge in [-0.15, -0.1) is 0 Å². The van der Waals surface area contributed by atoms with E-state index in [9.17, 15) is 14.4 Å². The Morgan fingerprint density at radius 2 is 0.481 bits per heavy atom. The number of hydrogen-bond acceptors (Lipinski definition) is 6. The van der Waals surface area contributed by atoms with Crippen LogP contribution in [-0.2, 0) is 28.6 Å². The van der Waals surface area contributed by atoms with E-state index in [0.29, 0.717) is 19.3 Å². The van der Waals surface area contributed by atoms with Gasteiger partial charge in [-0.2, -0.15) is 0 Å². The Hall–Kier alpha value is -3.41. The molecule has 468 valence electrons. The maximum atomic E-state index is 13.0. The Morgan fingerprint density at radius 1 is 0.259 bits per heavy atom. The topological polar surface area (TPSA) is 78.9 Å². The van der Waals surface area contributed by atoms with E-state index in [1.807, 2.05) is 0 Å². The monoisotopic (exact) mass is 1130 g/mol. The predicted molar refractivity (Wildman–Crippen MR) is 353 cm³/mol. The molecule has 1 atom stereocenters. The maximum Gasteiger partial charge on any atom is 0.306 e. The first-order valence-corrected chi connectivity index (χ1v) is 35.1. The zero-order valence-electron chi connectivity index (χ0n) is 53.8. The van der Waals surface area contributed by atoms with Crippen LogP contribution in [0.15, 0.2) is 85.1 Å². The zero-order valence-corrected chi connectivity index (χ0v) is 53.8. The summed E-state index contributed by atoms with van der Waals surface area (Å²) in [4.78, 5) is 38.5. The third-order valence-corrected chi connectivity index (χ3v) is 15.4. The van der Waals surface area contributed by atoms with E-state index < -0.39 is 6.10 Å². The molecule has 6 nitrogen and oxygen atoms in total. The minimum absolute atomic E-state index is 0.0811. The van der Waals surface area contributed by atoms with Crippen LogP contribution in [0.25, 0.3) is 0 Å². The van der Waals surface area contributed by atoms with Gasteiger partial charge in [0.25, 0.3) is 0 Å². The van der Waals surface area contributed by atoms with Gasteiger partial charge in [0.2, 0.25) is 0 Å². The number of carbonyl (C=O) groups is 3. The normalized spacial score (nSPS) is 12.6. The highest BCUT2D eigenvalue weighted by Gasteiger charge is 2.19. The fourth-order valence-corrected chi connectivity index (χ4v) is 10.2. The molecular formula is C75H132O6. The van der Waals surface area contributed by atoms with Gasteiger partial charge in [-0.05, 0) is 96.3 Å². The van der Waals surface area contributed by atoms with E-state index in [1.165, 1.54) is 199 Å². The van der Waals surface area contributed by atoms with E-state index >= 15 is 0 Å². The van der Waals surface area contributed by atoms with Crippen LogP contribution in [0.4, 0.5) is 0 Å². The Balaban J connectivity index is 4.36. The number of unbranched alkanes of at least 4 members (excludes halogenated alkanes) is 39. The SMILES string of the molecule is CC/C=C\C/C=C\C/C=C\C/C=C\C/C=C\CCCCCCCC(=O)OC(COC(=O)CCCCCCCCCCCCCCC/C=C\C/C=C\CCCCCCC)COC(=O)CCCCCCCCCCCCCCCCCCC. The molecule has 0 aromatic heterocycles. The molecule has 0 aromatic carbocycles. The number of hydrogen-bond donors (Lipinski definition) is 0. The van der Waals surface area contributed by atoms with E-state index in [2.05, 4.69) is 106 Å². The predicted octanol–water partition coefficient (Wildman–Crippen LogP) is 24.2. The van der Waals surface area contributed by atoms with Crippen LogP contribution >= 0.6 is 0 Å². The van der Waals surface area contributed by atoms with E-state index in [4.69, 9.17) is 14.2 Å². The summed E-state index contributed by atoms with van der Waals surface area (Å²) < 4.78 is 17.0. The van der Waals surface area contributed by atoms with Crippen LogP contribution in [0, 0.1) is 0 Å². The van der Waals surface area contributed by atoms with Gasteiger partial charge in [-0.25, -0.2) is 0 Å². The largest absolute Gasteiger partial charge is 0.462 e. The number of allylic oxidation sites excluding steroid dienone is 14. The Bertz CT molecular complexity index is 1530. The molecule has 0 radical (unpaired) electrons. The molecule has 0 N–H and O–H groups in total. The van der Waals surface area contributed by atoms with Crippen molar-refractivity contribution >= 4 is 17.9 Å². The molecule has 6 heteroatoms. The Labute approximate surface area is 503 Å². The van der Waals surface area contributed by atoms with Gasteiger partial charge in [0, 0.05) is 19.3 Å². The first kappa shape index (κ1) is 77.6. The van der Waals surface area contributed by atoms with Crippen molar-refractivity contribution in [3.05, 3.63) is 85.1 Å². The standard InChI is InChI=1S/C75H132O6/c1-4-7-10-13-16-19-22-25-28-31-33-35-36-37-38-40-41-44-47-50-53-56-59-62-65-68-74(77)80-71-72(70-79-73(76)67-64-61-58-55-52-49-46-43-30-27-24-21-18-15-12-9-6-3)81-75(78)69-66-63-60-57-54-51-48-45-42-39-34-32-29-26-23-20-17-14-11-8-5-2/h8,11,17,20,22,25-26,29,31,33-34,39,45,48,72H,4-7,9-10,12-16,18-19,21,23-24,27-28,30,32,35-38,40-44,46-47,49-71H2,1-3H3/b11-8-,20-17-,25-22-,29-26-,33-31-,39-34-,48-45-. The van der Waals surface area contributed by atoms with Gasteiger partial charge in [0.1, 0.15) is 13.2 Å². The second-order valence-electron chi connectivity index (χ2n) is 23.4. The van der Waals surface area contributed by atoms with Crippen molar-refractivity contribution < 1.29 is 28.6 Å². The van der Waals surface area contributed by atoms with E-state index in [1.54, 1.807) is 0 Å². The fraction of sp³-hybridized carbons (Fsp3) is 0.773. The van der Waals surface area contributed by atoms with Crippen molar-refractivity contribution in [2.45, 2.75) is 361 Å². The Kier molecular flexibility index (Phi) is 66.2. The van der Waals surface area contributed by atoms with Gasteiger partial charge in [0.05, 0.1) is 0 Å². The van der Waals surface area contributed by atoms with Crippen molar-refractivity contribution in [3.8, 4) is 0 Å². The van der Waals surface area contributed by atoms with Gasteiger partial charge < -0.3 is 14.2 Å².